The van der Waals surface area contributed by atoms with E-state index in [1.165, 1.54) is 48.1 Å². The van der Waals surface area contributed by atoms with Crippen molar-refractivity contribution in [3.8, 4) is 11.3 Å². The Labute approximate surface area is 223 Å². The van der Waals surface area contributed by atoms with Crippen LogP contribution in [0.1, 0.15) is 77.5 Å². The summed E-state index contributed by atoms with van der Waals surface area (Å²) in [6.07, 6.45) is 20.7. The lowest BCUT2D eigenvalue weighted by Crippen LogP contribution is -2.02. The van der Waals surface area contributed by atoms with Crippen LogP contribution in [-0.2, 0) is 12.8 Å². The smallest absolute Gasteiger partial charge is 0.0705 e. The van der Waals surface area contributed by atoms with Gasteiger partial charge in [-0.15, -0.1) is 6.58 Å². The number of aryl methyl sites for hydroxylation is 2. The summed E-state index contributed by atoms with van der Waals surface area (Å²) in [6.45, 7) is 12.4. The van der Waals surface area contributed by atoms with Gasteiger partial charge in [0.15, 0.2) is 0 Å². The van der Waals surface area contributed by atoms with Gasteiger partial charge >= 0.3 is 0 Å². The van der Waals surface area contributed by atoms with Crippen molar-refractivity contribution < 1.29 is 0 Å². The van der Waals surface area contributed by atoms with Gasteiger partial charge in [0.25, 0.3) is 0 Å². The molecule has 1 N–H and O–H groups in total. The monoisotopic (exact) mass is 488 g/mol. The summed E-state index contributed by atoms with van der Waals surface area (Å²) in [5, 5.41) is 2.75. The highest BCUT2D eigenvalue weighted by Crippen LogP contribution is 2.23. The molecule has 0 aliphatic rings. The molecule has 0 saturated carbocycles. The highest BCUT2D eigenvalue weighted by atomic mass is 14.7. The molecule has 2 rings (SSSR count). The molecule has 2 heteroatoms. The first kappa shape index (κ1) is 33.3. The zero-order chi connectivity index (χ0) is 25.7. The average Bonchev–Trinajstić information content (AvgIpc) is 2.87. The molecule has 1 aromatic heterocycles. The van der Waals surface area contributed by atoms with Crippen molar-refractivity contribution in [2.24, 2.45) is 5.92 Å². The fraction of sp³-hybridized carbons (Fsp3) is 0.441. The lowest BCUT2D eigenvalue weighted by Gasteiger charge is -2.14. The van der Waals surface area contributed by atoms with E-state index in [0.29, 0.717) is 0 Å². The maximum Gasteiger partial charge on any atom is 0.0705 e. The number of unbranched alkanes of at least 4 members (excludes halogenated alkanes) is 1. The largest absolute Gasteiger partial charge is 0.323 e. The summed E-state index contributed by atoms with van der Waals surface area (Å²) in [6, 6.07) is 15.0. The lowest BCUT2D eigenvalue weighted by atomic mass is 9.94. The fourth-order valence-electron chi connectivity index (χ4n) is 4.09. The summed E-state index contributed by atoms with van der Waals surface area (Å²) in [7, 11) is 3.75. The van der Waals surface area contributed by atoms with E-state index in [0.717, 1.165) is 43.7 Å². The van der Waals surface area contributed by atoms with Crippen molar-refractivity contribution >= 4 is 0 Å². The molecule has 0 amide bonds. The van der Waals surface area contributed by atoms with Gasteiger partial charge in [-0.1, -0.05) is 113 Å². The highest BCUT2D eigenvalue weighted by Gasteiger charge is 2.09. The molecule has 2 nitrogen and oxygen atoms in total. The summed E-state index contributed by atoms with van der Waals surface area (Å²) in [4.78, 5) is 5.10. The van der Waals surface area contributed by atoms with E-state index >= 15 is 0 Å². The Bertz CT molecular complexity index is 893. The van der Waals surface area contributed by atoms with Gasteiger partial charge in [-0.3, -0.25) is 4.98 Å². The molecule has 1 aromatic carbocycles. The summed E-state index contributed by atoms with van der Waals surface area (Å²) in [5.74, 6) is 0.784. The number of pyridine rings is 1. The van der Waals surface area contributed by atoms with E-state index < -0.39 is 0 Å². The summed E-state index contributed by atoms with van der Waals surface area (Å²) in [5.41, 5.74) is 6.12. The topological polar surface area (TPSA) is 24.9 Å². The van der Waals surface area contributed by atoms with Crippen LogP contribution in [0.15, 0.2) is 91.6 Å². The van der Waals surface area contributed by atoms with Crippen molar-refractivity contribution in [3.05, 3.63) is 103 Å². The number of aromatic nitrogens is 1. The van der Waals surface area contributed by atoms with Gasteiger partial charge in [-0.25, -0.2) is 0 Å². The Balaban J connectivity index is 0.00000291. The van der Waals surface area contributed by atoms with Gasteiger partial charge in [0.1, 0.15) is 0 Å². The maximum atomic E-state index is 5.10. The lowest BCUT2D eigenvalue weighted by molar-refractivity contribution is 0.451. The minimum atomic E-state index is 0. The standard InChI is InChI=1S/C31H41N.C2H7N.CH4/c1-5-8-10-17-26(4)18-15-23-30-29(22-14-13-19-27(7-3)16-6-2)24-25-31(32-30)28-20-11-9-12-21-28;1-3-2;/h5-6,8-12,17,20-21,24-25,27H,2,4,7,13-16,18-19,22-23H2,1,3H3;3H,1-2H3;1H4/b8-5-,17-10-;;. The third-order valence-electron chi connectivity index (χ3n) is 6.07. The molecule has 1 atom stereocenters. The molecule has 1 unspecified atom stereocenters. The van der Waals surface area contributed by atoms with Gasteiger partial charge in [-0.2, -0.15) is 0 Å². The number of hydrogen-bond acceptors (Lipinski definition) is 2. The summed E-state index contributed by atoms with van der Waals surface area (Å²) >= 11 is 0. The van der Waals surface area contributed by atoms with Crippen LogP contribution >= 0.6 is 0 Å². The van der Waals surface area contributed by atoms with Crippen molar-refractivity contribution in [3.63, 3.8) is 0 Å². The molecule has 36 heavy (non-hydrogen) atoms. The number of hydrogen-bond donors (Lipinski definition) is 1. The Morgan fingerprint density at radius 3 is 2.36 bits per heavy atom. The molecular weight excluding hydrogens is 436 g/mol. The van der Waals surface area contributed by atoms with Crippen LogP contribution in [0.25, 0.3) is 11.3 Å². The van der Waals surface area contributed by atoms with Crippen molar-refractivity contribution in [2.75, 3.05) is 14.1 Å². The number of benzene rings is 1. The van der Waals surface area contributed by atoms with Crippen LogP contribution in [0.3, 0.4) is 0 Å². The zero-order valence-electron chi connectivity index (χ0n) is 22.7. The number of rotatable bonds is 15. The normalized spacial score (nSPS) is 11.6. The minimum Gasteiger partial charge on any atom is -0.323 e. The first-order chi connectivity index (χ1) is 17.1. The third kappa shape index (κ3) is 14.0. The fourth-order valence-corrected chi connectivity index (χ4v) is 4.09. The molecule has 0 bridgehead atoms. The first-order valence-corrected chi connectivity index (χ1v) is 13.3. The van der Waals surface area contributed by atoms with Crippen LogP contribution in [0.2, 0.25) is 0 Å². The zero-order valence-corrected chi connectivity index (χ0v) is 22.7. The SMILES string of the molecule is C.C=CCC(CC)CCCCc1ccc(-c2ccccc2)nc1CCCC(=C)/C=C\C=C/C.CNC. The van der Waals surface area contributed by atoms with E-state index in [2.05, 4.69) is 86.1 Å². The number of allylic oxidation sites excluding steroid dienone is 6. The van der Waals surface area contributed by atoms with Gasteiger partial charge in [0, 0.05) is 11.3 Å². The molecule has 1 heterocycles. The van der Waals surface area contributed by atoms with E-state index in [1.54, 1.807) is 0 Å². The predicted octanol–water partition coefficient (Wildman–Crippen LogP) is 9.55. The first-order valence-electron chi connectivity index (χ1n) is 13.3. The predicted molar refractivity (Wildman–Crippen MR) is 164 cm³/mol. The minimum absolute atomic E-state index is 0. The molecule has 0 aliphatic carbocycles. The van der Waals surface area contributed by atoms with E-state index in [9.17, 15) is 0 Å². The van der Waals surface area contributed by atoms with E-state index in [-0.39, 0.29) is 7.43 Å². The Hall–Kier alpha value is -2.71. The van der Waals surface area contributed by atoms with Crippen LogP contribution in [0.5, 0.6) is 0 Å². The molecule has 0 fully saturated rings. The molecular formula is C34H52N2. The van der Waals surface area contributed by atoms with Crippen molar-refractivity contribution in [2.45, 2.75) is 79.1 Å². The van der Waals surface area contributed by atoms with Crippen molar-refractivity contribution in [1.82, 2.24) is 10.3 Å². The van der Waals surface area contributed by atoms with Gasteiger partial charge in [0.2, 0.25) is 0 Å². The molecule has 2 aromatic rings. The Morgan fingerprint density at radius 2 is 1.72 bits per heavy atom. The second kappa shape index (κ2) is 21.6. The van der Waals surface area contributed by atoms with Crippen LogP contribution in [0, 0.1) is 5.92 Å². The third-order valence-corrected chi connectivity index (χ3v) is 6.07. The second-order valence-corrected chi connectivity index (χ2v) is 9.11. The quantitative estimate of drug-likeness (QED) is 0.153. The van der Waals surface area contributed by atoms with Gasteiger partial charge in [-0.05, 0) is 77.1 Å². The highest BCUT2D eigenvalue weighted by molar-refractivity contribution is 5.59. The average molecular weight is 489 g/mol. The molecule has 0 aliphatic heterocycles. The van der Waals surface area contributed by atoms with Crippen LogP contribution in [0.4, 0.5) is 0 Å². The van der Waals surface area contributed by atoms with Gasteiger partial charge < -0.3 is 5.32 Å². The number of nitrogens with one attached hydrogen (secondary N) is 1. The molecule has 0 saturated heterocycles. The van der Waals surface area contributed by atoms with E-state index in [4.69, 9.17) is 4.98 Å². The van der Waals surface area contributed by atoms with E-state index in [1.807, 2.05) is 33.2 Å². The van der Waals surface area contributed by atoms with Gasteiger partial charge in [0.05, 0.1) is 5.69 Å². The Morgan fingerprint density at radius 1 is 1.00 bits per heavy atom. The molecule has 0 spiro atoms. The molecule has 0 radical (unpaired) electrons. The van der Waals surface area contributed by atoms with Crippen LogP contribution < -0.4 is 5.32 Å². The maximum absolute atomic E-state index is 5.10. The van der Waals surface area contributed by atoms with Crippen LogP contribution in [-0.4, -0.2) is 19.1 Å². The second-order valence-electron chi connectivity index (χ2n) is 9.11. The molecule has 198 valence electrons. The number of nitrogens with zero attached hydrogens (tertiary/aromatic N) is 1. The van der Waals surface area contributed by atoms with Crippen molar-refractivity contribution in [1.29, 1.82) is 0 Å². The Kier molecular flexibility index (Phi) is 19.9. The summed E-state index contributed by atoms with van der Waals surface area (Å²) < 4.78 is 0.